The number of rotatable bonds is 2. The minimum atomic E-state index is -0.921. The summed E-state index contributed by atoms with van der Waals surface area (Å²) >= 11 is 1.21. The van der Waals surface area contributed by atoms with E-state index < -0.39 is 5.97 Å². The van der Waals surface area contributed by atoms with Gasteiger partial charge in [-0.25, -0.2) is 9.78 Å². The van der Waals surface area contributed by atoms with E-state index in [2.05, 4.69) is 24.0 Å². The van der Waals surface area contributed by atoms with Crippen LogP contribution in [0.2, 0.25) is 0 Å². The highest BCUT2D eigenvalue weighted by Crippen LogP contribution is 2.29. The molecular weight excluding hydrogens is 234 g/mol. The van der Waals surface area contributed by atoms with Crippen LogP contribution in [0.1, 0.15) is 26.4 Å². The van der Waals surface area contributed by atoms with Gasteiger partial charge in [0.05, 0.1) is 6.20 Å². The van der Waals surface area contributed by atoms with Crippen molar-refractivity contribution in [3.8, 4) is 10.6 Å². The Balaban J connectivity index is 2.52. The van der Waals surface area contributed by atoms with Gasteiger partial charge in [-0.05, 0) is 43.5 Å². The average molecular weight is 247 g/mol. The zero-order valence-electron chi connectivity index (χ0n) is 9.94. The minimum Gasteiger partial charge on any atom is -0.477 e. The standard InChI is InChI=1S/C13H13NO2S/c1-7-4-9(3)10(5-8(7)2)12-14-6-11(17-12)13(15)16/h4-6H,1-3H3,(H,15,16). The first-order valence-corrected chi connectivity index (χ1v) is 6.08. The van der Waals surface area contributed by atoms with Crippen LogP contribution in [-0.2, 0) is 0 Å². The van der Waals surface area contributed by atoms with Crippen LogP contribution in [0.4, 0.5) is 0 Å². The number of aromatic nitrogens is 1. The summed E-state index contributed by atoms with van der Waals surface area (Å²) < 4.78 is 0. The van der Waals surface area contributed by atoms with E-state index in [0.717, 1.165) is 16.1 Å². The Labute approximate surface area is 104 Å². The van der Waals surface area contributed by atoms with Crippen molar-refractivity contribution < 1.29 is 9.90 Å². The predicted octanol–water partition coefficient (Wildman–Crippen LogP) is 3.43. The first-order chi connectivity index (χ1) is 7.99. The molecule has 0 saturated heterocycles. The van der Waals surface area contributed by atoms with Gasteiger partial charge in [0.1, 0.15) is 9.88 Å². The third-order valence-corrected chi connectivity index (χ3v) is 3.81. The number of hydrogen-bond acceptors (Lipinski definition) is 3. The first kappa shape index (κ1) is 11.8. The van der Waals surface area contributed by atoms with Gasteiger partial charge in [-0.3, -0.25) is 0 Å². The van der Waals surface area contributed by atoms with Crippen LogP contribution in [0.25, 0.3) is 10.6 Å². The first-order valence-electron chi connectivity index (χ1n) is 5.26. The van der Waals surface area contributed by atoms with Gasteiger partial charge in [-0.1, -0.05) is 6.07 Å². The molecule has 4 heteroatoms. The number of thiazole rings is 1. The summed E-state index contributed by atoms with van der Waals surface area (Å²) in [6, 6.07) is 4.17. The fourth-order valence-electron chi connectivity index (χ4n) is 1.69. The number of carboxylic acids is 1. The summed E-state index contributed by atoms with van der Waals surface area (Å²) in [6.07, 6.45) is 1.41. The van der Waals surface area contributed by atoms with Crippen molar-refractivity contribution in [2.45, 2.75) is 20.8 Å². The lowest BCUT2D eigenvalue weighted by Crippen LogP contribution is -1.89. The largest absolute Gasteiger partial charge is 0.477 e. The highest BCUT2D eigenvalue weighted by Gasteiger charge is 2.12. The van der Waals surface area contributed by atoms with Crippen LogP contribution >= 0.6 is 11.3 Å². The van der Waals surface area contributed by atoms with Gasteiger partial charge in [0.15, 0.2) is 0 Å². The highest BCUT2D eigenvalue weighted by atomic mass is 32.1. The minimum absolute atomic E-state index is 0.276. The van der Waals surface area contributed by atoms with Gasteiger partial charge in [-0.15, -0.1) is 11.3 Å². The number of aryl methyl sites for hydroxylation is 3. The van der Waals surface area contributed by atoms with Crippen LogP contribution in [0.3, 0.4) is 0 Å². The summed E-state index contributed by atoms with van der Waals surface area (Å²) in [5.74, 6) is -0.921. The lowest BCUT2D eigenvalue weighted by Gasteiger charge is -2.06. The number of carboxylic acid groups (broad SMARTS) is 1. The van der Waals surface area contributed by atoms with Gasteiger partial charge >= 0.3 is 5.97 Å². The molecule has 0 fully saturated rings. The molecule has 1 N–H and O–H groups in total. The zero-order chi connectivity index (χ0) is 12.6. The maximum absolute atomic E-state index is 10.8. The molecule has 0 unspecified atom stereocenters. The molecule has 0 atom stereocenters. The molecule has 2 rings (SSSR count). The summed E-state index contributed by atoms with van der Waals surface area (Å²) in [6.45, 7) is 6.13. The van der Waals surface area contributed by atoms with Crippen LogP contribution in [-0.4, -0.2) is 16.1 Å². The third kappa shape index (κ3) is 2.22. The molecule has 0 saturated carbocycles. The van der Waals surface area contributed by atoms with Crippen molar-refractivity contribution in [1.82, 2.24) is 4.98 Å². The van der Waals surface area contributed by atoms with E-state index in [4.69, 9.17) is 5.11 Å². The monoisotopic (exact) mass is 247 g/mol. The molecule has 2 aromatic rings. The molecule has 0 aliphatic rings. The Morgan fingerprint density at radius 3 is 2.41 bits per heavy atom. The van der Waals surface area contributed by atoms with Gasteiger partial charge in [-0.2, -0.15) is 0 Å². The molecule has 17 heavy (non-hydrogen) atoms. The van der Waals surface area contributed by atoms with Gasteiger partial charge in [0, 0.05) is 5.56 Å². The average Bonchev–Trinajstić information content (AvgIpc) is 2.72. The second-order valence-corrected chi connectivity index (χ2v) is 5.12. The number of nitrogens with zero attached hydrogens (tertiary/aromatic N) is 1. The molecule has 88 valence electrons. The van der Waals surface area contributed by atoms with Crippen molar-refractivity contribution in [2.75, 3.05) is 0 Å². The van der Waals surface area contributed by atoms with Crippen molar-refractivity contribution in [3.05, 3.63) is 39.9 Å². The number of hydrogen-bond donors (Lipinski definition) is 1. The summed E-state index contributed by atoms with van der Waals surface area (Å²) in [4.78, 5) is 15.3. The van der Waals surface area contributed by atoms with Crippen molar-refractivity contribution in [3.63, 3.8) is 0 Å². The zero-order valence-corrected chi connectivity index (χ0v) is 10.8. The van der Waals surface area contributed by atoms with Crippen molar-refractivity contribution in [2.24, 2.45) is 0 Å². The van der Waals surface area contributed by atoms with Gasteiger partial charge in [0.25, 0.3) is 0 Å². The molecule has 0 radical (unpaired) electrons. The van der Waals surface area contributed by atoms with E-state index in [1.54, 1.807) is 0 Å². The molecule has 1 heterocycles. The third-order valence-electron chi connectivity index (χ3n) is 2.79. The maximum Gasteiger partial charge on any atom is 0.347 e. The van der Waals surface area contributed by atoms with Crippen molar-refractivity contribution >= 4 is 17.3 Å². The Bertz CT molecular complexity index is 587. The van der Waals surface area contributed by atoms with Crippen molar-refractivity contribution in [1.29, 1.82) is 0 Å². The molecule has 1 aromatic carbocycles. The number of aromatic carboxylic acids is 1. The molecule has 0 aliphatic heterocycles. The van der Waals surface area contributed by atoms with Gasteiger partial charge in [0.2, 0.25) is 0 Å². The van der Waals surface area contributed by atoms with E-state index >= 15 is 0 Å². The summed E-state index contributed by atoms with van der Waals surface area (Å²) in [5, 5.41) is 9.65. The van der Waals surface area contributed by atoms with Crippen LogP contribution in [0.15, 0.2) is 18.3 Å². The topological polar surface area (TPSA) is 50.2 Å². The fourth-order valence-corrected chi connectivity index (χ4v) is 2.52. The lowest BCUT2D eigenvalue weighted by atomic mass is 10.0. The molecule has 0 aliphatic carbocycles. The summed E-state index contributed by atoms with van der Waals surface area (Å²) in [5.41, 5.74) is 4.57. The second-order valence-electron chi connectivity index (χ2n) is 4.09. The molecule has 1 aromatic heterocycles. The van der Waals surface area contributed by atoms with E-state index in [1.165, 1.54) is 28.7 Å². The van der Waals surface area contributed by atoms with Crippen LogP contribution in [0, 0.1) is 20.8 Å². The lowest BCUT2D eigenvalue weighted by molar-refractivity contribution is 0.0702. The summed E-state index contributed by atoms with van der Waals surface area (Å²) in [7, 11) is 0. The second kappa shape index (κ2) is 4.30. The predicted molar refractivity (Wildman–Crippen MR) is 68.7 cm³/mol. The molecule has 0 bridgehead atoms. The van der Waals surface area contributed by atoms with E-state index in [-0.39, 0.29) is 4.88 Å². The fraction of sp³-hybridized carbons (Fsp3) is 0.231. The molecule has 0 amide bonds. The van der Waals surface area contributed by atoms with Crippen LogP contribution < -0.4 is 0 Å². The highest BCUT2D eigenvalue weighted by molar-refractivity contribution is 7.16. The number of benzene rings is 1. The molecular formula is C13H13NO2S. The van der Waals surface area contributed by atoms with Crippen LogP contribution in [0.5, 0.6) is 0 Å². The number of carbonyl (C=O) groups is 1. The Morgan fingerprint density at radius 2 is 1.82 bits per heavy atom. The molecule has 3 nitrogen and oxygen atoms in total. The molecule has 0 spiro atoms. The quantitative estimate of drug-likeness (QED) is 0.884. The van der Waals surface area contributed by atoms with E-state index in [9.17, 15) is 4.79 Å². The Hall–Kier alpha value is -1.68. The Morgan fingerprint density at radius 1 is 1.18 bits per heavy atom. The smallest absolute Gasteiger partial charge is 0.347 e. The van der Waals surface area contributed by atoms with E-state index in [1.807, 2.05) is 13.8 Å². The normalized spacial score (nSPS) is 10.5. The Kier molecular flexibility index (Phi) is 2.98. The van der Waals surface area contributed by atoms with E-state index in [0.29, 0.717) is 0 Å². The maximum atomic E-state index is 10.8. The SMILES string of the molecule is Cc1cc(C)c(-c2ncc(C(=O)O)s2)cc1C. The van der Waals surface area contributed by atoms with Gasteiger partial charge < -0.3 is 5.11 Å².